The third-order valence-electron chi connectivity index (χ3n) is 4.12. The maximum Gasteiger partial charge on any atom is 0.332 e. The SMILES string of the molecule is O=C1CC=CC2=CN(CCOc3ccc(CC(O)C(=O)O)cc3)NC=C12. The second-order valence-electron chi connectivity index (χ2n) is 6.05. The molecule has 1 unspecified atom stereocenters. The van der Waals surface area contributed by atoms with E-state index in [2.05, 4.69) is 5.43 Å². The topological polar surface area (TPSA) is 99.1 Å². The van der Waals surface area contributed by atoms with Crippen molar-refractivity contribution in [3.8, 4) is 5.75 Å². The highest BCUT2D eigenvalue weighted by Crippen LogP contribution is 2.22. The maximum atomic E-state index is 11.8. The summed E-state index contributed by atoms with van der Waals surface area (Å²) in [5.41, 5.74) is 5.36. The quantitative estimate of drug-likeness (QED) is 0.674. The van der Waals surface area contributed by atoms with Crippen molar-refractivity contribution in [2.24, 2.45) is 0 Å². The smallest absolute Gasteiger partial charge is 0.332 e. The summed E-state index contributed by atoms with van der Waals surface area (Å²) in [5.74, 6) is -0.470. The number of allylic oxidation sites excluding steroid dienone is 4. The van der Waals surface area contributed by atoms with Gasteiger partial charge in [-0.3, -0.25) is 9.80 Å². The van der Waals surface area contributed by atoms with Gasteiger partial charge in [-0.25, -0.2) is 4.79 Å². The summed E-state index contributed by atoms with van der Waals surface area (Å²) < 4.78 is 5.68. The Balaban J connectivity index is 1.48. The molecule has 0 fully saturated rings. The van der Waals surface area contributed by atoms with Crippen molar-refractivity contribution in [2.45, 2.75) is 18.9 Å². The van der Waals surface area contributed by atoms with Crippen LogP contribution in [0.25, 0.3) is 0 Å². The predicted molar refractivity (Wildman–Crippen MR) is 94.1 cm³/mol. The van der Waals surface area contributed by atoms with Crippen LogP contribution in [-0.2, 0) is 16.0 Å². The summed E-state index contributed by atoms with van der Waals surface area (Å²) in [6.45, 7) is 1.00. The average Bonchev–Trinajstić information content (AvgIpc) is 2.63. The minimum atomic E-state index is -1.40. The van der Waals surface area contributed by atoms with E-state index >= 15 is 0 Å². The number of carbonyl (C=O) groups is 2. The van der Waals surface area contributed by atoms with Crippen molar-refractivity contribution in [1.82, 2.24) is 10.4 Å². The van der Waals surface area contributed by atoms with Gasteiger partial charge in [-0.1, -0.05) is 24.3 Å². The van der Waals surface area contributed by atoms with Crippen LogP contribution in [0.5, 0.6) is 5.75 Å². The number of carboxylic acid groups (broad SMARTS) is 1. The van der Waals surface area contributed by atoms with Gasteiger partial charge in [-0.2, -0.15) is 0 Å². The van der Waals surface area contributed by atoms with Gasteiger partial charge in [-0.05, 0) is 17.7 Å². The molecule has 0 bridgehead atoms. The minimum Gasteiger partial charge on any atom is -0.492 e. The molecule has 2 aliphatic rings. The molecule has 1 aromatic rings. The number of hydrogen-bond acceptors (Lipinski definition) is 6. The number of hydrogen-bond donors (Lipinski definition) is 3. The summed E-state index contributed by atoms with van der Waals surface area (Å²) in [7, 11) is 0. The fourth-order valence-corrected chi connectivity index (χ4v) is 2.71. The van der Waals surface area contributed by atoms with Crippen LogP contribution in [0.4, 0.5) is 0 Å². The zero-order valence-electron chi connectivity index (χ0n) is 14.1. The number of rotatable bonds is 7. The molecule has 3 N–H and O–H groups in total. The highest BCUT2D eigenvalue weighted by molar-refractivity contribution is 6.02. The highest BCUT2D eigenvalue weighted by atomic mass is 16.5. The van der Waals surface area contributed by atoms with Gasteiger partial charge in [0.1, 0.15) is 12.4 Å². The maximum absolute atomic E-state index is 11.8. The Labute approximate surface area is 150 Å². The lowest BCUT2D eigenvalue weighted by atomic mass is 9.95. The van der Waals surface area contributed by atoms with Gasteiger partial charge in [0.25, 0.3) is 0 Å². The molecule has 1 aliphatic heterocycles. The van der Waals surface area contributed by atoms with E-state index in [1.54, 1.807) is 30.5 Å². The number of ketones is 1. The summed E-state index contributed by atoms with van der Waals surface area (Å²) in [6, 6.07) is 6.95. The first kappa shape index (κ1) is 17.8. The van der Waals surface area contributed by atoms with Crippen LogP contribution < -0.4 is 10.2 Å². The molecule has 1 aromatic carbocycles. The number of carboxylic acids is 1. The van der Waals surface area contributed by atoms with Crippen LogP contribution in [0.2, 0.25) is 0 Å². The number of fused-ring (bicyclic) bond motifs is 1. The van der Waals surface area contributed by atoms with Crippen LogP contribution in [0.1, 0.15) is 12.0 Å². The summed E-state index contributed by atoms with van der Waals surface area (Å²) in [6.07, 6.45) is 6.47. The summed E-state index contributed by atoms with van der Waals surface area (Å²) in [5, 5.41) is 19.9. The lowest BCUT2D eigenvalue weighted by Gasteiger charge is -2.27. The Hall–Kier alpha value is -3.06. The largest absolute Gasteiger partial charge is 0.492 e. The van der Waals surface area contributed by atoms with Crippen molar-refractivity contribution in [3.05, 3.63) is 65.5 Å². The Bertz CT molecular complexity index is 780. The van der Waals surface area contributed by atoms with Gasteiger partial charge < -0.3 is 20.4 Å². The lowest BCUT2D eigenvalue weighted by molar-refractivity contribution is -0.146. The van der Waals surface area contributed by atoms with Crippen molar-refractivity contribution < 1.29 is 24.5 Å². The zero-order valence-corrected chi connectivity index (χ0v) is 14.1. The third kappa shape index (κ3) is 4.31. The first-order valence-corrected chi connectivity index (χ1v) is 8.30. The molecule has 1 atom stereocenters. The van der Waals surface area contributed by atoms with Crippen molar-refractivity contribution in [2.75, 3.05) is 13.2 Å². The van der Waals surface area contributed by atoms with Crippen LogP contribution in [0.15, 0.2) is 60.0 Å². The van der Waals surface area contributed by atoms with Gasteiger partial charge in [-0.15, -0.1) is 0 Å². The lowest BCUT2D eigenvalue weighted by Crippen LogP contribution is -2.37. The van der Waals surface area contributed by atoms with Gasteiger partial charge in [0.05, 0.1) is 6.54 Å². The Morgan fingerprint density at radius 2 is 2.08 bits per heavy atom. The summed E-state index contributed by atoms with van der Waals surface area (Å²) in [4.78, 5) is 22.4. The molecule has 7 heteroatoms. The van der Waals surface area contributed by atoms with E-state index in [1.165, 1.54) is 0 Å². The standard InChI is InChI=1S/C19H20N2O5/c22-17-3-1-2-14-12-21(20-11-16(14)17)8-9-26-15-6-4-13(5-7-15)10-18(23)19(24)25/h1-2,4-7,11-12,18,20,23H,3,8-10H2,(H,24,25). The molecule has 0 amide bonds. The van der Waals surface area contributed by atoms with Gasteiger partial charge in [0.15, 0.2) is 11.9 Å². The third-order valence-corrected chi connectivity index (χ3v) is 4.12. The number of carbonyl (C=O) groups excluding carboxylic acids is 1. The molecule has 0 spiro atoms. The zero-order chi connectivity index (χ0) is 18.5. The number of hydrazine groups is 1. The van der Waals surface area contributed by atoms with Gasteiger partial charge in [0.2, 0.25) is 0 Å². The van der Waals surface area contributed by atoms with E-state index in [0.29, 0.717) is 30.9 Å². The number of aliphatic hydroxyl groups excluding tert-OH is 1. The van der Waals surface area contributed by atoms with Crippen molar-refractivity contribution >= 4 is 11.8 Å². The molecule has 0 radical (unpaired) electrons. The van der Waals surface area contributed by atoms with E-state index in [4.69, 9.17) is 9.84 Å². The molecular formula is C19H20N2O5. The number of aliphatic carboxylic acids is 1. The molecule has 26 heavy (non-hydrogen) atoms. The van der Waals surface area contributed by atoms with E-state index < -0.39 is 12.1 Å². The molecule has 3 rings (SSSR count). The van der Waals surface area contributed by atoms with Crippen LogP contribution >= 0.6 is 0 Å². The summed E-state index contributed by atoms with van der Waals surface area (Å²) >= 11 is 0. The first-order chi connectivity index (χ1) is 12.5. The second kappa shape index (κ2) is 7.88. The second-order valence-corrected chi connectivity index (χ2v) is 6.05. The molecule has 0 saturated heterocycles. The fourth-order valence-electron chi connectivity index (χ4n) is 2.71. The molecule has 136 valence electrons. The van der Waals surface area contributed by atoms with Crippen molar-refractivity contribution in [1.29, 1.82) is 0 Å². The number of Topliss-reactive ketones (excluding diaryl/α,β-unsaturated/α-hetero) is 1. The normalized spacial score (nSPS) is 17.0. The molecule has 1 heterocycles. The van der Waals surface area contributed by atoms with Crippen LogP contribution in [0.3, 0.4) is 0 Å². The monoisotopic (exact) mass is 356 g/mol. The Kier molecular flexibility index (Phi) is 5.38. The molecule has 1 aliphatic carbocycles. The average molecular weight is 356 g/mol. The first-order valence-electron chi connectivity index (χ1n) is 8.30. The number of nitrogens with one attached hydrogen (secondary N) is 1. The van der Waals surface area contributed by atoms with E-state index in [-0.39, 0.29) is 12.2 Å². The predicted octanol–water partition coefficient (Wildman–Crippen LogP) is 1.17. The number of nitrogens with zero attached hydrogens (tertiary/aromatic N) is 1. The Morgan fingerprint density at radius 1 is 1.31 bits per heavy atom. The van der Waals surface area contributed by atoms with E-state index in [0.717, 1.165) is 11.1 Å². The molecule has 0 saturated carbocycles. The molecule has 7 nitrogen and oxygen atoms in total. The number of aliphatic hydroxyl groups is 1. The van der Waals surface area contributed by atoms with Gasteiger partial charge in [0, 0.05) is 36.4 Å². The number of benzene rings is 1. The van der Waals surface area contributed by atoms with E-state index in [1.807, 2.05) is 23.4 Å². The molecular weight excluding hydrogens is 336 g/mol. The molecule has 0 aromatic heterocycles. The van der Waals surface area contributed by atoms with Crippen LogP contribution in [0, 0.1) is 0 Å². The minimum absolute atomic E-state index is 0.0573. The highest BCUT2D eigenvalue weighted by Gasteiger charge is 2.20. The van der Waals surface area contributed by atoms with Crippen molar-refractivity contribution in [3.63, 3.8) is 0 Å². The van der Waals surface area contributed by atoms with E-state index in [9.17, 15) is 14.7 Å². The number of ether oxygens (including phenoxy) is 1. The van der Waals surface area contributed by atoms with Gasteiger partial charge >= 0.3 is 5.97 Å². The Morgan fingerprint density at radius 3 is 2.81 bits per heavy atom. The van der Waals surface area contributed by atoms with Crippen LogP contribution in [-0.4, -0.2) is 46.2 Å². The fraction of sp³-hybridized carbons (Fsp3) is 0.263.